The Morgan fingerprint density at radius 3 is 2.71 bits per heavy atom. The second kappa shape index (κ2) is 9.03. The number of hydrogen-bond acceptors (Lipinski definition) is 7. The molecule has 0 atom stereocenters. The Labute approximate surface area is 203 Å². The Kier molecular flexibility index (Phi) is 5.76. The maximum atomic E-state index is 12.6. The zero-order chi connectivity index (χ0) is 24.5. The minimum Gasteiger partial charge on any atom is -0.496 e. The van der Waals surface area contributed by atoms with Gasteiger partial charge in [-0.05, 0) is 46.2 Å². The van der Waals surface area contributed by atoms with Crippen molar-refractivity contribution in [3.63, 3.8) is 0 Å². The summed E-state index contributed by atoms with van der Waals surface area (Å²) in [5, 5.41) is 16.6. The van der Waals surface area contributed by atoms with Crippen LogP contribution in [-0.2, 0) is 4.79 Å². The number of amides is 1. The van der Waals surface area contributed by atoms with E-state index in [4.69, 9.17) is 9.15 Å². The number of hydrogen-bond donors (Lipinski definition) is 1. The normalized spacial score (nSPS) is 11.7. The van der Waals surface area contributed by atoms with Crippen LogP contribution in [0.3, 0.4) is 0 Å². The molecule has 0 aliphatic carbocycles. The number of fused-ring (bicyclic) bond motifs is 2. The lowest BCUT2D eigenvalue weighted by Crippen LogP contribution is -2.08. The van der Waals surface area contributed by atoms with E-state index in [1.54, 1.807) is 26.4 Å². The maximum absolute atomic E-state index is 12.6. The standard InChI is InChI=1S/C26H19N3O5S/c1-15(10-24(30)28-26-27-13-25(35-26)29(31)32)19-11-20-21(14-34-23(20)12-22(19)33-2)18-9-5-7-16-6-3-4-8-17(16)18/h3-14H,1-2H3,(H,27,28,30)/b15-10+. The van der Waals surface area contributed by atoms with Gasteiger partial charge in [0.2, 0.25) is 5.91 Å². The number of nitro groups is 1. The highest BCUT2D eigenvalue weighted by Gasteiger charge is 2.17. The smallest absolute Gasteiger partial charge is 0.345 e. The minimum absolute atomic E-state index is 0.144. The van der Waals surface area contributed by atoms with Crippen molar-refractivity contribution >= 4 is 54.7 Å². The van der Waals surface area contributed by atoms with Crippen LogP contribution in [0.15, 0.2) is 77.6 Å². The summed E-state index contributed by atoms with van der Waals surface area (Å²) in [7, 11) is 1.56. The van der Waals surface area contributed by atoms with Crippen LogP contribution in [0.2, 0.25) is 0 Å². The van der Waals surface area contributed by atoms with Crippen LogP contribution in [0.25, 0.3) is 38.4 Å². The summed E-state index contributed by atoms with van der Waals surface area (Å²) >= 11 is 0.795. The molecule has 0 aliphatic rings. The second-order valence-corrected chi connectivity index (χ2v) is 8.81. The molecule has 0 aliphatic heterocycles. The molecule has 0 bridgehead atoms. The number of ether oxygens (including phenoxy) is 1. The zero-order valence-corrected chi connectivity index (χ0v) is 19.6. The fraction of sp³-hybridized carbons (Fsp3) is 0.0769. The van der Waals surface area contributed by atoms with Gasteiger partial charge in [-0.3, -0.25) is 20.2 Å². The molecule has 9 heteroatoms. The lowest BCUT2D eigenvalue weighted by Gasteiger charge is -2.10. The summed E-state index contributed by atoms with van der Waals surface area (Å²) in [5.74, 6) is 0.109. The molecule has 5 rings (SSSR count). The van der Waals surface area contributed by atoms with Crippen LogP contribution in [0.5, 0.6) is 5.75 Å². The molecule has 174 valence electrons. The van der Waals surface area contributed by atoms with E-state index in [1.807, 2.05) is 24.3 Å². The highest BCUT2D eigenvalue weighted by molar-refractivity contribution is 7.18. The van der Waals surface area contributed by atoms with Gasteiger partial charge in [0.1, 0.15) is 17.5 Å². The molecular formula is C26H19N3O5S. The number of thiazole rings is 1. The first kappa shape index (κ1) is 22.3. The van der Waals surface area contributed by atoms with Crippen molar-refractivity contribution in [2.24, 2.45) is 0 Å². The molecule has 35 heavy (non-hydrogen) atoms. The predicted octanol–water partition coefficient (Wildman–Crippen LogP) is 6.67. The van der Waals surface area contributed by atoms with Gasteiger partial charge >= 0.3 is 5.00 Å². The van der Waals surface area contributed by atoms with Crippen LogP contribution >= 0.6 is 11.3 Å². The maximum Gasteiger partial charge on any atom is 0.345 e. The predicted molar refractivity (Wildman–Crippen MR) is 137 cm³/mol. The lowest BCUT2D eigenvalue weighted by atomic mass is 9.96. The minimum atomic E-state index is -0.549. The number of nitrogens with one attached hydrogen (secondary N) is 1. The van der Waals surface area contributed by atoms with Gasteiger partial charge in [0.25, 0.3) is 0 Å². The summed E-state index contributed by atoms with van der Waals surface area (Å²) in [6.45, 7) is 1.80. The average Bonchev–Trinajstić information content (AvgIpc) is 3.49. The third kappa shape index (κ3) is 4.24. The number of nitrogens with zero attached hydrogens (tertiary/aromatic N) is 2. The quantitative estimate of drug-likeness (QED) is 0.164. The van der Waals surface area contributed by atoms with Crippen molar-refractivity contribution in [1.29, 1.82) is 0 Å². The molecule has 0 unspecified atom stereocenters. The molecule has 3 aromatic carbocycles. The van der Waals surface area contributed by atoms with Crippen LogP contribution in [0, 0.1) is 10.1 Å². The van der Waals surface area contributed by atoms with Gasteiger partial charge in [-0.1, -0.05) is 42.5 Å². The lowest BCUT2D eigenvalue weighted by molar-refractivity contribution is -0.380. The third-order valence-corrected chi connectivity index (χ3v) is 6.52. The summed E-state index contributed by atoms with van der Waals surface area (Å²) < 4.78 is 11.4. The van der Waals surface area contributed by atoms with Crippen molar-refractivity contribution in [3.8, 4) is 16.9 Å². The van der Waals surface area contributed by atoms with Crippen molar-refractivity contribution in [2.45, 2.75) is 6.92 Å². The van der Waals surface area contributed by atoms with Gasteiger partial charge < -0.3 is 9.15 Å². The van der Waals surface area contributed by atoms with Gasteiger partial charge in [0, 0.05) is 28.7 Å². The Morgan fingerprint density at radius 1 is 1.14 bits per heavy atom. The average molecular weight is 486 g/mol. The van der Waals surface area contributed by atoms with Crippen LogP contribution < -0.4 is 10.1 Å². The molecule has 0 radical (unpaired) electrons. The van der Waals surface area contributed by atoms with E-state index in [9.17, 15) is 14.9 Å². The number of carbonyl (C=O) groups is 1. The number of anilines is 1. The van der Waals surface area contributed by atoms with Gasteiger partial charge in [-0.2, -0.15) is 0 Å². The molecule has 0 saturated carbocycles. The van der Waals surface area contributed by atoms with Crippen LogP contribution in [0.4, 0.5) is 10.1 Å². The summed E-state index contributed by atoms with van der Waals surface area (Å²) in [6, 6.07) is 18.0. The molecule has 0 fully saturated rings. The molecule has 1 amide bonds. The van der Waals surface area contributed by atoms with Crippen LogP contribution in [-0.4, -0.2) is 22.9 Å². The van der Waals surface area contributed by atoms with Crippen LogP contribution in [0.1, 0.15) is 12.5 Å². The summed E-state index contributed by atoms with van der Waals surface area (Å²) in [4.78, 5) is 26.7. The number of rotatable bonds is 6. The molecule has 2 heterocycles. The summed E-state index contributed by atoms with van der Waals surface area (Å²) in [5.41, 5.74) is 4.03. The van der Waals surface area contributed by atoms with Gasteiger partial charge in [0.15, 0.2) is 5.13 Å². The largest absolute Gasteiger partial charge is 0.496 e. The Bertz CT molecular complexity index is 1630. The highest BCUT2D eigenvalue weighted by Crippen LogP contribution is 2.39. The van der Waals surface area contributed by atoms with E-state index in [1.165, 1.54) is 6.08 Å². The van der Waals surface area contributed by atoms with E-state index in [2.05, 4.69) is 34.6 Å². The number of furan rings is 1. The van der Waals surface area contributed by atoms with E-state index in [0.717, 1.165) is 50.4 Å². The summed E-state index contributed by atoms with van der Waals surface area (Å²) in [6.07, 6.45) is 4.26. The Morgan fingerprint density at radius 2 is 1.94 bits per heavy atom. The van der Waals surface area contributed by atoms with Gasteiger partial charge in [-0.15, -0.1) is 0 Å². The van der Waals surface area contributed by atoms with Crippen molar-refractivity contribution in [2.75, 3.05) is 12.4 Å². The highest BCUT2D eigenvalue weighted by atomic mass is 32.1. The first-order valence-electron chi connectivity index (χ1n) is 10.6. The number of carbonyl (C=O) groups excluding carboxylic acids is 1. The molecular weight excluding hydrogens is 466 g/mol. The number of aromatic nitrogens is 1. The number of benzene rings is 3. The first-order valence-corrected chi connectivity index (χ1v) is 11.4. The molecule has 0 spiro atoms. The number of allylic oxidation sites excluding steroid dienone is 1. The third-order valence-electron chi connectivity index (χ3n) is 5.65. The molecule has 8 nitrogen and oxygen atoms in total. The van der Waals surface area contributed by atoms with Gasteiger partial charge in [-0.25, -0.2) is 4.98 Å². The van der Waals surface area contributed by atoms with Crippen molar-refractivity contribution in [1.82, 2.24) is 4.98 Å². The number of methoxy groups -OCH3 is 1. The second-order valence-electron chi connectivity index (χ2n) is 7.80. The SMILES string of the molecule is COc1cc2occ(-c3cccc4ccccc34)c2cc1/C(C)=C/C(=O)Nc1ncc([N+](=O)[O-])s1. The first-order chi connectivity index (χ1) is 16.9. The van der Waals surface area contributed by atoms with E-state index in [0.29, 0.717) is 16.9 Å². The molecule has 5 aromatic rings. The monoisotopic (exact) mass is 485 g/mol. The van der Waals surface area contributed by atoms with E-state index >= 15 is 0 Å². The fourth-order valence-electron chi connectivity index (χ4n) is 4.02. The Balaban J connectivity index is 1.54. The van der Waals surface area contributed by atoms with E-state index < -0.39 is 10.8 Å². The molecule has 0 saturated heterocycles. The van der Waals surface area contributed by atoms with E-state index in [-0.39, 0.29) is 10.1 Å². The topological polar surface area (TPSA) is 108 Å². The zero-order valence-electron chi connectivity index (χ0n) is 18.8. The Hall–Kier alpha value is -4.50. The molecule has 2 aromatic heterocycles. The van der Waals surface area contributed by atoms with Crippen molar-refractivity contribution < 1.29 is 18.9 Å². The van der Waals surface area contributed by atoms with Gasteiger partial charge in [0.05, 0.1) is 18.3 Å². The van der Waals surface area contributed by atoms with Crippen molar-refractivity contribution in [3.05, 3.63) is 88.8 Å². The molecule has 1 N–H and O–H groups in total. The fourth-order valence-corrected chi connectivity index (χ4v) is 4.66.